The summed E-state index contributed by atoms with van der Waals surface area (Å²) in [7, 11) is 0. The van der Waals surface area contributed by atoms with Crippen LogP contribution in [0.5, 0.6) is 0 Å². The smallest absolute Gasteiger partial charge is 0.242 e. The van der Waals surface area contributed by atoms with Crippen molar-refractivity contribution in [2.45, 2.75) is 25.4 Å². The molecule has 25 heavy (non-hydrogen) atoms. The van der Waals surface area contributed by atoms with Crippen molar-refractivity contribution in [3.8, 4) is 0 Å². The number of nitrogens with zero attached hydrogens (tertiary/aromatic N) is 3. The van der Waals surface area contributed by atoms with Crippen molar-refractivity contribution in [3.05, 3.63) is 54.6 Å². The Morgan fingerprint density at radius 3 is 2.88 bits per heavy atom. The lowest BCUT2D eigenvalue weighted by Crippen LogP contribution is -2.43. The highest BCUT2D eigenvalue weighted by Gasteiger charge is 2.25. The summed E-state index contributed by atoms with van der Waals surface area (Å²) in [6.45, 7) is 1.07. The zero-order chi connectivity index (χ0) is 17.5. The summed E-state index contributed by atoms with van der Waals surface area (Å²) in [6.07, 6.45) is 6.34. The monoisotopic (exact) mass is 339 g/mol. The van der Waals surface area contributed by atoms with Gasteiger partial charge in [-0.1, -0.05) is 6.07 Å². The van der Waals surface area contributed by atoms with Gasteiger partial charge in [-0.05, 0) is 30.7 Å². The molecule has 0 aliphatic carbocycles. The standard InChI is InChI=1S/C18H21N5O2/c24-17-7-6-16(22-17)13-23(12-15-4-1-2-9-20-15)18(25)11-21-14-5-3-8-19-10-14/h1-5,8-10,16,21H,6-7,11-13H2,(H,22,24)/t16-/m0/s1. The molecule has 1 atom stereocenters. The van der Waals surface area contributed by atoms with E-state index in [0.717, 1.165) is 17.8 Å². The average molecular weight is 339 g/mol. The molecule has 0 spiro atoms. The molecular weight excluding hydrogens is 318 g/mol. The normalized spacial score (nSPS) is 16.3. The van der Waals surface area contributed by atoms with Crippen molar-refractivity contribution in [1.82, 2.24) is 20.2 Å². The maximum Gasteiger partial charge on any atom is 0.242 e. The molecule has 3 heterocycles. The summed E-state index contributed by atoms with van der Waals surface area (Å²) in [6, 6.07) is 9.31. The number of aromatic nitrogens is 2. The van der Waals surface area contributed by atoms with E-state index in [0.29, 0.717) is 19.5 Å². The fourth-order valence-corrected chi connectivity index (χ4v) is 2.78. The summed E-state index contributed by atoms with van der Waals surface area (Å²) in [5, 5.41) is 6.00. The first-order valence-electron chi connectivity index (χ1n) is 8.31. The third-order valence-corrected chi connectivity index (χ3v) is 4.06. The molecule has 130 valence electrons. The highest BCUT2D eigenvalue weighted by molar-refractivity contribution is 5.81. The van der Waals surface area contributed by atoms with Gasteiger partial charge in [-0.2, -0.15) is 0 Å². The summed E-state index contributed by atoms with van der Waals surface area (Å²) < 4.78 is 0. The molecule has 0 bridgehead atoms. The molecule has 1 aliphatic heterocycles. The van der Waals surface area contributed by atoms with Crippen LogP contribution in [0.15, 0.2) is 48.9 Å². The van der Waals surface area contributed by atoms with E-state index in [-0.39, 0.29) is 24.4 Å². The average Bonchev–Trinajstić information content (AvgIpc) is 3.06. The van der Waals surface area contributed by atoms with Gasteiger partial charge in [0.2, 0.25) is 11.8 Å². The third kappa shape index (κ3) is 5.00. The Morgan fingerprint density at radius 1 is 1.28 bits per heavy atom. The van der Waals surface area contributed by atoms with E-state index in [2.05, 4.69) is 20.6 Å². The van der Waals surface area contributed by atoms with Crippen molar-refractivity contribution < 1.29 is 9.59 Å². The van der Waals surface area contributed by atoms with Gasteiger partial charge in [0.05, 0.1) is 24.5 Å². The maximum atomic E-state index is 12.7. The number of pyridine rings is 2. The van der Waals surface area contributed by atoms with Gasteiger partial charge in [-0.15, -0.1) is 0 Å². The van der Waals surface area contributed by atoms with Gasteiger partial charge in [0.15, 0.2) is 0 Å². The van der Waals surface area contributed by atoms with E-state index < -0.39 is 0 Å². The fourth-order valence-electron chi connectivity index (χ4n) is 2.78. The number of anilines is 1. The van der Waals surface area contributed by atoms with Crippen LogP contribution in [-0.4, -0.2) is 45.8 Å². The predicted molar refractivity (Wildman–Crippen MR) is 93.5 cm³/mol. The first kappa shape index (κ1) is 16.9. The number of carbonyl (C=O) groups is 2. The van der Waals surface area contributed by atoms with Gasteiger partial charge in [-0.3, -0.25) is 19.6 Å². The lowest BCUT2D eigenvalue weighted by Gasteiger charge is -2.26. The van der Waals surface area contributed by atoms with Crippen molar-refractivity contribution in [2.24, 2.45) is 0 Å². The Balaban J connectivity index is 1.63. The zero-order valence-corrected chi connectivity index (χ0v) is 13.9. The minimum absolute atomic E-state index is 0.00134. The Bertz CT molecular complexity index is 708. The molecule has 2 aromatic rings. The van der Waals surface area contributed by atoms with Crippen LogP contribution in [0.1, 0.15) is 18.5 Å². The Hall–Kier alpha value is -2.96. The summed E-state index contributed by atoms with van der Waals surface area (Å²) in [5.41, 5.74) is 1.62. The molecule has 3 rings (SSSR count). The highest BCUT2D eigenvalue weighted by Crippen LogP contribution is 2.11. The second kappa shape index (κ2) is 8.23. The maximum absolute atomic E-state index is 12.7. The molecule has 7 nitrogen and oxygen atoms in total. The molecule has 0 unspecified atom stereocenters. The lowest BCUT2D eigenvalue weighted by atomic mass is 10.2. The van der Waals surface area contributed by atoms with Crippen molar-refractivity contribution in [1.29, 1.82) is 0 Å². The molecule has 2 amide bonds. The van der Waals surface area contributed by atoms with Crippen LogP contribution >= 0.6 is 0 Å². The molecule has 1 saturated heterocycles. The highest BCUT2D eigenvalue weighted by atomic mass is 16.2. The Kier molecular flexibility index (Phi) is 5.56. The molecule has 2 N–H and O–H groups in total. The predicted octanol–water partition coefficient (Wildman–Crippen LogP) is 1.20. The first-order chi connectivity index (χ1) is 12.2. The van der Waals surface area contributed by atoms with Crippen LogP contribution in [0.4, 0.5) is 5.69 Å². The summed E-state index contributed by atoms with van der Waals surface area (Å²) >= 11 is 0. The molecule has 0 aromatic carbocycles. The van der Waals surface area contributed by atoms with E-state index in [1.165, 1.54) is 0 Å². The van der Waals surface area contributed by atoms with E-state index >= 15 is 0 Å². The van der Waals surface area contributed by atoms with E-state index in [1.807, 2.05) is 30.3 Å². The molecule has 0 radical (unpaired) electrons. The van der Waals surface area contributed by atoms with Crippen molar-refractivity contribution in [2.75, 3.05) is 18.4 Å². The fraction of sp³-hybridized carbons (Fsp3) is 0.333. The van der Waals surface area contributed by atoms with Gasteiger partial charge in [0.25, 0.3) is 0 Å². The van der Waals surface area contributed by atoms with Crippen LogP contribution in [-0.2, 0) is 16.1 Å². The Labute approximate surface area is 146 Å². The number of amides is 2. The lowest BCUT2D eigenvalue weighted by molar-refractivity contribution is -0.130. The minimum atomic E-state index is -0.0457. The molecular formula is C18H21N5O2. The van der Waals surface area contributed by atoms with Crippen LogP contribution < -0.4 is 10.6 Å². The second-order valence-electron chi connectivity index (χ2n) is 5.99. The number of hydrogen-bond acceptors (Lipinski definition) is 5. The molecule has 0 saturated carbocycles. The third-order valence-electron chi connectivity index (χ3n) is 4.06. The first-order valence-corrected chi connectivity index (χ1v) is 8.31. The van der Waals surface area contributed by atoms with Crippen molar-refractivity contribution in [3.63, 3.8) is 0 Å². The number of nitrogens with one attached hydrogen (secondary N) is 2. The van der Waals surface area contributed by atoms with Gasteiger partial charge in [0.1, 0.15) is 0 Å². The SMILES string of the molecule is O=C1CC[C@@H](CN(Cc2ccccn2)C(=O)CNc2cccnc2)N1. The van der Waals surface area contributed by atoms with Crippen LogP contribution in [0.2, 0.25) is 0 Å². The number of carbonyl (C=O) groups excluding carboxylic acids is 2. The van der Waals surface area contributed by atoms with Gasteiger partial charge in [0, 0.05) is 37.6 Å². The zero-order valence-electron chi connectivity index (χ0n) is 13.9. The van der Waals surface area contributed by atoms with Crippen LogP contribution in [0, 0.1) is 0 Å². The van der Waals surface area contributed by atoms with E-state index in [1.54, 1.807) is 23.5 Å². The van der Waals surface area contributed by atoms with Crippen LogP contribution in [0.3, 0.4) is 0 Å². The minimum Gasteiger partial charge on any atom is -0.375 e. The topological polar surface area (TPSA) is 87.2 Å². The number of rotatable bonds is 7. The summed E-state index contributed by atoms with van der Waals surface area (Å²) in [4.78, 5) is 34.2. The molecule has 1 fully saturated rings. The van der Waals surface area contributed by atoms with Gasteiger partial charge in [-0.25, -0.2) is 0 Å². The van der Waals surface area contributed by atoms with Crippen LogP contribution in [0.25, 0.3) is 0 Å². The quantitative estimate of drug-likeness (QED) is 0.791. The van der Waals surface area contributed by atoms with Gasteiger partial charge < -0.3 is 15.5 Å². The summed E-state index contributed by atoms with van der Waals surface area (Å²) in [5.74, 6) is -0.000579. The van der Waals surface area contributed by atoms with E-state index in [4.69, 9.17) is 0 Å². The Morgan fingerprint density at radius 2 is 2.20 bits per heavy atom. The largest absolute Gasteiger partial charge is 0.375 e. The molecule has 1 aliphatic rings. The number of hydrogen-bond donors (Lipinski definition) is 2. The van der Waals surface area contributed by atoms with Crippen molar-refractivity contribution >= 4 is 17.5 Å². The molecule has 7 heteroatoms. The second-order valence-corrected chi connectivity index (χ2v) is 5.99. The van der Waals surface area contributed by atoms with E-state index in [9.17, 15) is 9.59 Å². The molecule has 2 aromatic heterocycles. The van der Waals surface area contributed by atoms with Gasteiger partial charge >= 0.3 is 0 Å².